The molecule has 0 aliphatic rings. The van der Waals surface area contributed by atoms with Gasteiger partial charge in [0.1, 0.15) is 5.75 Å². The molecule has 1 heterocycles. The second kappa shape index (κ2) is 4.62. The van der Waals surface area contributed by atoms with E-state index in [0.717, 1.165) is 11.3 Å². The minimum Gasteiger partial charge on any atom is -0.539 e. The molecule has 0 saturated carbocycles. The number of hydrogen-bond acceptors (Lipinski definition) is 3. The van der Waals surface area contributed by atoms with Crippen molar-refractivity contribution in [2.24, 2.45) is 0 Å². The molecular formula is C11H10BNO2. The van der Waals surface area contributed by atoms with Crippen molar-refractivity contribution in [3.8, 4) is 17.0 Å². The van der Waals surface area contributed by atoms with Crippen LogP contribution in [0.1, 0.15) is 0 Å². The van der Waals surface area contributed by atoms with Gasteiger partial charge >= 0.3 is 7.69 Å². The third kappa shape index (κ3) is 2.36. The van der Waals surface area contributed by atoms with Gasteiger partial charge in [0.15, 0.2) is 0 Å². The monoisotopic (exact) mass is 199 g/mol. The molecule has 0 radical (unpaired) electrons. The molecule has 74 valence electrons. The highest BCUT2D eigenvalue weighted by Crippen LogP contribution is 2.19. The molecule has 0 fully saturated rings. The van der Waals surface area contributed by atoms with E-state index in [1.165, 1.54) is 0 Å². The van der Waals surface area contributed by atoms with Gasteiger partial charge in [-0.05, 0) is 36.4 Å². The summed E-state index contributed by atoms with van der Waals surface area (Å²) in [6.45, 7) is 0. The SMILES string of the molecule is OBOc1ccc(-c2ccccn2)cc1. The number of aromatic nitrogens is 1. The zero-order valence-electron chi connectivity index (χ0n) is 8.13. The van der Waals surface area contributed by atoms with E-state index in [4.69, 9.17) is 9.68 Å². The van der Waals surface area contributed by atoms with Gasteiger partial charge in [0.05, 0.1) is 5.69 Å². The molecule has 2 aromatic rings. The summed E-state index contributed by atoms with van der Waals surface area (Å²) in [6, 6.07) is 13.2. The third-order valence-electron chi connectivity index (χ3n) is 2.05. The molecule has 0 aliphatic heterocycles. The fourth-order valence-corrected chi connectivity index (χ4v) is 1.33. The van der Waals surface area contributed by atoms with Crippen molar-refractivity contribution < 1.29 is 9.68 Å². The summed E-state index contributed by atoms with van der Waals surface area (Å²) in [4.78, 5) is 4.23. The lowest BCUT2D eigenvalue weighted by Gasteiger charge is -2.03. The minimum absolute atomic E-state index is 0.303. The Hall–Kier alpha value is -1.81. The van der Waals surface area contributed by atoms with E-state index in [2.05, 4.69) is 4.98 Å². The fraction of sp³-hybridized carbons (Fsp3) is 0. The Morgan fingerprint density at radius 1 is 1.07 bits per heavy atom. The Labute approximate surface area is 88.7 Å². The van der Waals surface area contributed by atoms with Crippen molar-refractivity contribution >= 4 is 7.69 Å². The van der Waals surface area contributed by atoms with E-state index >= 15 is 0 Å². The number of benzene rings is 1. The van der Waals surface area contributed by atoms with Gasteiger partial charge in [0.2, 0.25) is 0 Å². The van der Waals surface area contributed by atoms with Crippen LogP contribution in [-0.2, 0) is 0 Å². The van der Waals surface area contributed by atoms with Gasteiger partial charge in [0, 0.05) is 11.8 Å². The molecule has 0 bridgehead atoms. The predicted molar refractivity (Wildman–Crippen MR) is 59.7 cm³/mol. The molecule has 0 aliphatic carbocycles. The molecule has 0 atom stereocenters. The highest BCUT2D eigenvalue weighted by molar-refractivity contribution is 6.17. The summed E-state index contributed by atoms with van der Waals surface area (Å²) >= 11 is 0. The molecule has 2 rings (SSSR count). The van der Waals surface area contributed by atoms with Crippen molar-refractivity contribution in [1.82, 2.24) is 4.98 Å². The van der Waals surface area contributed by atoms with E-state index in [9.17, 15) is 0 Å². The van der Waals surface area contributed by atoms with Gasteiger partial charge in [-0.3, -0.25) is 4.98 Å². The maximum absolute atomic E-state index is 8.57. The fourth-order valence-electron chi connectivity index (χ4n) is 1.33. The summed E-state index contributed by atoms with van der Waals surface area (Å²) in [6.07, 6.45) is 1.76. The number of nitrogens with zero attached hydrogens (tertiary/aromatic N) is 1. The summed E-state index contributed by atoms with van der Waals surface area (Å²) in [7, 11) is -0.303. The summed E-state index contributed by atoms with van der Waals surface area (Å²) in [5, 5.41) is 8.57. The predicted octanol–water partition coefficient (Wildman–Crippen LogP) is 1.39. The summed E-state index contributed by atoms with van der Waals surface area (Å²) < 4.78 is 4.93. The Morgan fingerprint density at radius 2 is 1.87 bits per heavy atom. The first-order chi connectivity index (χ1) is 7.40. The Bertz CT molecular complexity index is 416. The van der Waals surface area contributed by atoms with E-state index in [1.807, 2.05) is 30.3 Å². The van der Waals surface area contributed by atoms with Gasteiger partial charge < -0.3 is 9.68 Å². The van der Waals surface area contributed by atoms with Crippen LogP contribution in [-0.4, -0.2) is 17.7 Å². The van der Waals surface area contributed by atoms with Crippen molar-refractivity contribution in [2.75, 3.05) is 0 Å². The van der Waals surface area contributed by atoms with Crippen LogP contribution in [0.5, 0.6) is 5.75 Å². The molecule has 0 spiro atoms. The lowest BCUT2D eigenvalue weighted by Crippen LogP contribution is -1.99. The van der Waals surface area contributed by atoms with Crippen molar-refractivity contribution in [2.45, 2.75) is 0 Å². The normalized spacial score (nSPS) is 9.67. The molecule has 0 saturated heterocycles. The molecule has 4 heteroatoms. The zero-order valence-corrected chi connectivity index (χ0v) is 8.13. The van der Waals surface area contributed by atoms with Gasteiger partial charge in [-0.1, -0.05) is 6.07 Å². The average molecular weight is 199 g/mol. The van der Waals surface area contributed by atoms with Crippen molar-refractivity contribution in [3.05, 3.63) is 48.7 Å². The standard InChI is InChI=1S/C11H10BNO2/c14-12-15-10-6-4-9(5-7-10)11-3-1-2-8-13-11/h1-8,12,14H. The van der Waals surface area contributed by atoms with Crippen LogP contribution >= 0.6 is 0 Å². The first kappa shape index (κ1) is 9.74. The molecule has 1 aromatic carbocycles. The quantitative estimate of drug-likeness (QED) is 0.759. The van der Waals surface area contributed by atoms with Crippen molar-refractivity contribution in [3.63, 3.8) is 0 Å². The van der Waals surface area contributed by atoms with Crippen LogP contribution in [0.15, 0.2) is 48.7 Å². The van der Waals surface area contributed by atoms with Gasteiger partial charge in [0.25, 0.3) is 0 Å². The maximum atomic E-state index is 8.57. The van der Waals surface area contributed by atoms with E-state index in [-0.39, 0.29) is 7.69 Å². The molecule has 3 nitrogen and oxygen atoms in total. The second-order valence-electron chi connectivity index (χ2n) is 3.01. The van der Waals surface area contributed by atoms with Crippen LogP contribution < -0.4 is 4.65 Å². The maximum Gasteiger partial charge on any atom is 0.504 e. The summed E-state index contributed by atoms with van der Waals surface area (Å²) in [5.74, 6) is 0.650. The van der Waals surface area contributed by atoms with Crippen LogP contribution in [0.25, 0.3) is 11.3 Å². The number of pyridine rings is 1. The van der Waals surface area contributed by atoms with E-state index < -0.39 is 0 Å². The lowest BCUT2D eigenvalue weighted by molar-refractivity contribution is 0.454. The Kier molecular flexibility index (Phi) is 3.00. The van der Waals surface area contributed by atoms with Gasteiger partial charge in [-0.15, -0.1) is 0 Å². The smallest absolute Gasteiger partial charge is 0.504 e. The van der Waals surface area contributed by atoms with Crippen LogP contribution in [0, 0.1) is 0 Å². The number of rotatable bonds is 3. The Balaban J connectivity index is 2.24. The van der Waals surface area contributed by atoms with E-state index in [1.54, 1.807) is 18.3 Å². The minimum atomic E-state index is -0.303. The largest absolute Gasteiger partial charge is 0.539 e. The first-order valence-corrected chi connectivity index (χ1v) is 4.65. The lowest BCUT2D eigenvalue weighted by atomic mass is 10.1. The zero-order chi connectivity index (χ0) is 10.5. The molecular weight excluding hydrogens is 189 g/mol. The van der Waals surface area contributed by atoms with Crippen molar-refractivity contribution in [1.29, 1.82) is 0 Å². The number of hydrogen-bond donors (Lipinski definition) is 1. The highest BCUT2D eigenvalue weighted by atomic mass is 16.5. The molecule has 1 aromatic heterocycles. The van der Waals surface area contributed by atoms with Crippen LogP contribution in [0.2, 0.25) is 0 Å². The molecule has 0 amide bonds. The third-order valence-corrected chi connectivity index (χ3v) is 2.05. The van der Waals surface area contributed by atoms with Crippen LogP contribution in [0.4, 0.5) is 0 Å². The molecule has 0 unspecified atom stereocenters. The van der Waals surface area contributed by atoms with Gasteiger partial charge in [-0.25, -0.2) is 0 Å². The van der Waals surface area contributed by atoms with Crippen LogP contribution in [0.3, 0.4) is 0 Å². The average Bonchev–Trinajstić information content (AvgIpc) is 2.32. The highest BCUT2D eigenvalue weighted by Gasteiger charge is 1.98. The summed E-state index contributed by atoms with van der Waals surface area (Å²) in [5.41, 5.74) is 1.95. The van der Waals surface area contributed by atoms with E-state index in [0.29, 0.717) is 5.75 Å². The second-order valence-corrected chi connectivity index (χ2v) is 3.01. The molecule has 1 N–H and O–H groups in total. The topological polar surface area (TPSA) is 42.4 Å². The molecule has 15 heavy (non-hydrogen) atoms. The first-order valence-electron chi connectivity index (χ1n) is 4.65. The Morgan fingerprint density at radius 3 is 2.47 bits per heavy atom. The van der Waals surface area contributed by atoms with Gasteiger partial charge in [-0.2, -0.15) is 0 Å².